The minimum atomic E-state index is 0. The third-order valence-corrected chi connectivity index (χ3v) is 0.854. The van der Waals surface area contributed by atoms with Crippen molar-refractivity contribution in [3.63, 3.8) is 0 Å². The molecule has 2 heteroatoms. The van der Waals surface area contributed by atoms with E-state index in [4.69, 9.17) is 0 Å². The second-order valence-corrected chi connectivity index (χ2v) is 1.56. The zero-order valence-electron chi connectivity index (χ0n) is 5.94. The number of halogens is 1. The fourth-order valence-corrected chi connectivity index (χ4v) is 0.427. The van der Waals surface area contributed by atoms with Crippen molar-refractivity contribution in [1.82, 2.24) is 0 Å². The third kappa shape index (κ3) is 15.8. The Balaban J connectivity index is -0.000000125. The van der Waals surface area contributed by atoms with Gasteiger partial charge in [0.25, 0.3) is 0 Å². The minimum Gasteiger partial charge on any atom is -0.343 e. The molecule has 0 aliphatic heterocycles. The monoisotopic (exact) mass is 128 g/mol. The molecule has 0 bridgehead atoms. The van der Waals surface area contributed by atoms with Gasteiger partial charge in [-0.05, 0) is 0 Å². The van der Waals surface area contributed by atoms with Crippen molar-refractivity contribution in [2.75, 3.05) is 0 Å². The first-order valence-electron chi connectivity index (χ1n) is 2.71. The zero-order chi connectivity index (χ0) is 4.83. The first-order chi connectivity index (χ1) is 2.91. The number of unbranched alkanes of at least 4 members (excludes halogenated alkanes) is 3. The SMILES string of the molecule is F.[CH2-]CCCCC.[Na+]. The molecule has 0 nitrogen and oxygen atoms in total. The van der Waals surface area contributed by atoms with Crippen molar-refractivity contribution in [3.8, 4) is 0 Å². The van der Waals surface area contributed by atoms with Crippen LogP contribution in [0.15, 0.2) is 0 Å². The van der Waals surface area contributed by atoms with Crippen LogP contribution in [0, 0.1) is 6.92 Å². The van der Waals surface area contributed by atoms with E-state index in [9.17, 15) is 0 Å². The maximum atomic E-state index is 3.72. The van der Waals surface area contributed by atoms with Crippen molar-refractivity contribution in [2.24, 2.45) is 0 Å². The van der Waals surface area contributed by atoms with Crippen LogP contribution in [-0.2, 0) is 0 Å². The van der Waals surface area contributed by atoms with Crippen LogP contribution < -0.4 is 29.6 Å². The molecule has 46 valence electrons. The van der Waals surface area contributed by atoms with Crippen LogP contribution >= 0.6 is 0 Å². The van der Waals surface area contributed by atoms with Gasteiger partial charge in [0.1, 0.15) is 0 Å². The normalized spacial score (nSPS) is 6.75. The predicted octanol–water partition coefficient (Wildman–Crippen LogP) is -0.443. The number of hydrogen-bond donors (Lipinski definition) is 0. The van der Waals surface area contributed by atoms with E-state index in [0.29, 0.717) is 0 Å². The van der Waals surface area contributed by atoms with Crippen molar-refractivity contribution in [1.29, 1.82) is 0 Å². The Bertz CT molecular complexity index is 20.5. The summed E-state index contributed by atoms with van der Waals surface area (Å²) in [4.78, 5) is 0. The summed E-state index contributed by atoms with van der Waals surface area (Å²) in [5, 5.41) is 0. The van der Waals surface area contributed by atoms with Crippen molar-refractivity contribution >= 4 is 0 Å². The van der Waals surface area contributed by atoms with Crippen LogP contribution in [0.5, 0.6) is 0 Å². The molecule has 0 radical (unpaired) electrons. The topological polar surface area (TPSA) is 0 Å². The van der Waals surface area contributed by atoms with Crippen molar-refractivity contribution < 1.29 is 34.3 Å². The van der Waals surface area contributed by atoms with Gasteiger partial charge in [-0.25, -0.2) is 0 Å². The van der Waals surface area contributed by atoms with E-state index in [-0.39, 0.29) is 34.3 Å². The molecule has 0 spiro atoms. The zero-order valence-corrected chi connectivity index (χ0v) is 7.94. The maximum Gasteiger partial charge on any atom is 1.00 e. The summed E-state index contributed by atoms with van der Waals surface area (Å²) in [5.41, 5.74) is 0. The molecule has 0 aromatic rings. The summed E-state index contributed by atoms with van der Waals surface area (Å²) in [7, 11) is 0. The Morgan fingerprint density at radius 1 is 1.25 bits per heavy atom. The Morgan fingerprint density at radius 3 is 1.88 bits per heavy atom. The second-order valence-electron chi connectivity index (χ2n) is 1.56. The van der Waals surface area contributed by atoms with Gasteiger partial charge in [-0.1, -0.05) is 26.2 Å². The summed E-state index contributed by atoms with van der Waals surface area (Å²) >= 11 is 0. The predicted molar refractivity (Wildman–Crippen MR) is 32.0 cm³/mol. The van der Waals surface area contributed by atoms with E-state index in [1.807, 2.05) is 0 Å². The first-order valence-corrected chi connectivity index (χ1v) is 2.71. The average Bonchev–Trinajstić information content (AvgIpc) is 1.61. The van der Waals surface area contributed by atoms with E-state index in [1.54, 1.807) is 0 Å². The number of hydrogen-bond acceptors (Lipinski definition) is 0. The van der Waals surface area contributed by atoms with E-state index in [1.165, 1.54) is 19.3 Å². The van der Waals surface area contributed by atoms with Gasteiger partial charge >= 0.3 is 29.6 Å². The molecule has 8 heavy (non-hydrogen) atoms. The maximum absolute atomic E-state index is 3.72. The number of rotatable bonds is 3. The van der Waals surface area contributed by atoms with Gasteiger partial charge in [-0.3, -0.25) is 4.70 Å². The first kappa shape index (κ1) is 16.0. The molecule has 0 aliphatic carbocycles. The van der Waals surface area contributed by atoms with Gasteiger partial charge in [-0.2, -0.15) is 6.42 Å². The Morgan fingerprint density at radius 2 is 1.75 bits per heavy atom. The molecule has 0 amide bonds. The molecule has 0 fully saturated rings. The van der Waals surface area contributed by atoms with Crippen LogP contribution in [0.3, 0.4) is 0 Å². The second kappa shape index (κ2) is 15.7. The molecule has 0 atom stereocenters. The Hall–Kier alpha value is 0.930. The quantitative estimate of drug-likeness (QED) is 0.274. The molecule has 0 rings (SSSR count). The molecule has 0 aliphatic rings. The molecule has 0 heterocycles. The fourth-order valence-electron chi connectivity index (χ4n) is 0.427. The fraction of sp³-hybridized carbons (Fsp3) is 0.833. The summed E-state index contributed by atoms with van der Waals surface area (Å²) < 4.78 is 0. The standard InChI is InChI=1S/C6H13.FH.Na/c1-3-5-6-4-2;;/h1,3-6H2,2H3;1H;/q-1;;+1. The minimum absolute atomic E-state index is 0. The molecular formula is C6H14FNa. The third-order valence-electron chi connectivity index (χ3n) is 0.854. The van der Waals surface area contributed by atoms with Gasteiger partial charge < -0.3 is 6.92 Å². The molecule has 0 saturated carbocycles. The average molecular weight is 128 g/mol. The van der Waals surface area contributed by atoms with Gasteiger partial charge in [-0.15, -0.1) is 0 Å². The Kier molecular flexibility index (Phi) is 31.3. The molecule has 0 aromatic carbocycles. The van der Waals surface area contributed by atoms with Gasteiger partial charge in [0.05, 0.1) is 0 Å². The smallest absolute Gasteiger partial charge is 0.343 e. The largest absolute Gasteiger partial charge is 1.00 e. The van der Waals surface area contributed by atoms with Crippen LogP contribution in [0.2, 0.25) is 0 Å². The molecule has 0 N–H and O–H groups in total. The summed E-state index contributed by atoms with van der Waals surface area (Å²) in [5.74, 6) is 0. The van der Waals surface area contributed by atoms with Gasteiger partial charge in [0.2, 0.25) is 0 Å². The van der Waals surface area contributed by atoms with Crippen LogP contribution in [0.25, 0.3) is 0 Å². The summed E-state index contributed by atoms with van der Waals surface area (Å²) in [6.45, 7) is 5.93. The van der Waals surface area contributed by atoms with E-state index >= 15 is 0 Å². The van der Waals surface area contributed by atoms with E-state index in [2.05, 4.69) is 13.8 Å². The van der Waals surface area contributed by atoms with Crippen LogP contribution in [-0.4, -0.2) is 0 Å². The van der Waals surface area contributed by atoms with Crippen molar-refractivity contribution in [2.45, 2.75) is 32.6 Å². The molecular weight excluding hydrogens is 114 g/mol. The van der Waals surface area contributed by atoms with Crippen LogP contribution in [0.1, 0.15) is 32.6 Å². The Labute approximate surface area is 73.7 Å². The molecule has 0 aromatic heterocycles. The van der Waals surface area contributed by atoms with Gasteiger partial charge in [0.15, 0.2) is 0 Å². The van der Waals surface area contributed by atoms with Crippen molar-refractivity contribution in [3.05, 3.63) is 6.92 Å². The van der Waals surface area contributed by atoms with Gasteiger partial charge in [0, 0.05) is 0 Å². The molecule has 0 saturated heterocycles. The summed E-state index contributed by atoms with van der Waals surface area (Å²) in [6.07, 6.45) is 5.07. The van der Waals surface area contributed by atoms with E-state index in [0.717, 1.165) is 6.42 Å². The van der Waals surface area contributed by atoms with E-state index < -0.39 is 0 Å². The summed E-state index contributed by atoms with van der Waals surface area (Å²) in [6, 6.07) is 0. The van der Waals surface area contributed by atoms with Crippen LogP contribution in [0.4, 0.5) is 4.70 Å². The molecule has 0 unspecified atom stereocenters.